The summed E-state index contributed by atoms with van der Waals surface area (Å²) in [7, 11) is -2.43. The van der Waals surface area contributed by atoms with Crippen molar-refractivity contribution in [3.05, 3.63) is 0 Å². The van der Waals surface area contributed by atoms with E-state index >= 15 is 0 Å². The molecule has 0 fully saturated rings. The third kappa shape index (κ3) is 3.27. The molecular weight excluding hydrogens is 268 g/mol. The van der Waals surface area contributed by atoms with E-state index in [0.29, 0.717) is 0 Å². The SMILES string of the molecule is CCC(C)(C(C)(C)C(C)(C)OC(=O)C(C)C)[Si](C)(C)O. The van der Waals surface area contributed by atoms with Crippen LogP contribution in [0.3, 0.4) is 0 Å². The largest absolute Gasteiger partial charge is 0.459 e. The van der Waals surface area contributed by atoms with Crippen LogP contribution in [-0.4, -0.2) is 24.7 Å². The van der Waals surface area contributed by atoms with Gasteiger partial charge in [-0.3, -0.25) is 4.79 Å². The van der Waals surface area contributed by atoms with E-state index in [1.54, 1.807) is 0 Å². The Balaban J connectivity index is 5.64. The topological polar surface area (TPSA) is 46.5 Å². The van der Waals surface area contributed by atoms with E-state index < -0.39 is 13.9 Å². The molecule has 0 heterocycles. The van der Waals surface area contributed by atoms with Crippen LogP contribution in [0.15, 0.2) is 0 Å². The zero-order valence-corrected chi connectivity index (χ0v) is 16.0. The third-order valence-corrected chi connectivity index (χ3v) is 9.45. The van der Waals surface area contributed by atoms with Crippen molar-refractivity contribution >= 4 is 14.3 Å². The first kappa shape index (κ1) is 19.6. The second-order valence-electron chi connectivity index (χ2n) is 7.96. The Labute approximate surface area is 126 Å². The molecule has 0 spiro atoms. The van der Waals surface area contributed by atoms with Crippen LogP contribution in [0.25, 0.3) is 0 Å². The Bertz CT molecular complexity index is 353. The third-order valence-electron chi connectivity index (χ3n) is 5.77. The molecule has 4 heteroatoms. The molecule has 0 aromatic rings. The molecule has 1 N–H and O–H groups in total. The van der Waals surface area contributed by atoms with Crippen molar-refractivity contribution in [3.63, 3.8) is 0 Å². The summed E-state index contributed by atoms with van der Waals surface area (Å²) in [4.78, 5) is 22.8. The molecule has 0 saturated heterocycles. The maximum atomic E-state index is 12.0. The molecule has 0 aliphatic carbocycles. The molecule has 0 bridgehead atoms. The van der Waals surface area contributed by atoms with Crippen molar-refractivity contribution in [3.8, 4) is 0 Å². The van der Waals surface area contributed by atoms with Crippen LogP contribution in [0.1, 0.15) is 61.8 Å². The van der Waals surface area contributed by atoms with Crippen LogP contribution in [0.2, 0.25) is 18.1 Å². The zero-order valence-electron chi connectivity index (χ0n) is 15.0. The molecule has 0 aromatic heterocycles. The van der Waals surface area contributed by atoms with E-state index in [0.717, 1.165) is 6.42 Å². The molecule has 0 amide bonds. The molecule has 20 heavy (non-hydrogen) atoms. The molecule has 1 unspecified atom stereocenters. The molecule has 0 aliphatic rings. The molecule has 0 aromatic carbocycles. The summed E-state index contributed by atoms with van der Waals surface area (Å²) in [5.74, 6) is -0.323. The van der Waals surface area contributed by atoms with E-state index in [-0.39, 0.29) is 22.3 Å². The summed E-state index contributed by atoms with van der Waals surface area (Å²) >= 11 is 0. The van der Waals surface area contributed by atoms with Crippen LogP contribution in [-0.2, 0) is 9.53 Å². The molecule has 0 rings (SSSR count). The lowest BCUT2D eigenvalue weighted by Gasteiger charge is -2.56. The summed E-state index contributed by atoms with van der Waals surface area (Å²) in [6.45, 7) is 20.0. The van der Waals surface area contributed by atoms with Gasteiger partial charge in [0.05, 0.1) is 5.92 Å². The van der Waals surface area contributed by atoms with Gasteiger partial charge < -0.3 is 9.53 Å². The average molecular weight is 303 g/mol. The first-order valence-electron chi connectivity index (χ1n) is 7.59. The lowest BCUT2D eigenvalue weighted by molar-refractivity contribution is -0.176. The van der Waals surface area contributed by atoms with Crippen molar-refractivity contribution < 1.29 is 14.3 Å². The van der Waals surface area contributed by atoms with Gasteiger partial charge in [0.2, 0.25) is 0 Å². The van der Waals surface area contributed by atoms with Gasteiger partial charge in [-0.25, -0.2) is 0 Å². The van der Waals surface area contributed by atoms with E-state index in [4.69, 9.17) is 4.74 Å². The number of ether oxygens (including phenoxy) is 1. The molecule has 0 radical (unpaired) electrons. The summed E-state index contributed by atoms with van der Waals surface area (Å²) < 4.78 is 5.78. The van der Waals surface area contributed by atoms with Crippen molar-refractivity contribution in [1.29, 1.82) is 0 Å². The summed E-state index contributed by atoms with van der Waals surface area (Å²) in [6.07, 6.45) is 0.860. The summed E-state index contributed by atoms with van der Waals surface area (Å²) in [5, 5.41) is -0.249. The number of esters is 1. The molecule has 3 nitrogen and oxygen atoms in total. The van der Waals surface area contributed by atoms with Gasteiger partial charge in [-0.2, -0.15) is 0 Å². The zero-order chi connectivity index (χ0) is 16.6. The van der Waals surface area contributed by atoms with Gasteiger partial charge in [0.25, 0.3) is 0 Å². The Morgan fingerprint density at radius 2 is 1.55 bits per heavy atom. The van der Waals surface area contributed by atoms with Crippen LogP contribution < -0.4 is 0 Å². The Kier molecular flexibility index (Phi) is 5.70. The predicted molar refractivity (Wildman–Crippen MR) is 87.1 cm³/mol. The maximum absolute atomic E-state index is 12.0. The Morgan fingerprint density at radius 3 is 1.80 bits per heavy atom. The fourth-order valence-corrected chi connectivity index (χ4v) is 5.50. The number of rotatable bonds is 6. The quantitative estimate of drug-likeness (QED) is 0.586. The van der Waals surface area contributed by atoms with Gasteiger partial charge >= 0.3 is 5.97 Å². The molecule has 1 atom stereocenters. The maximum Gasteiger partial charge on any atom is 0.308 e. The van der Waals surface area contributed by atoms with Crippen molar-refractivity contribution in [2.24, 2.45) is 11.3 Å². The number of carbonyl (C=O) groups excluding carboxylic acids is 1. The fraction of sp³-hybridized carbons (Fsp3) is 0.938. The minimum absolute atomic E-state index is 0.141. The minimum atomic E-state index is -2.43. The minimum Gasteiger partial charge on any atom is -0.459 e. The van der Waals surface area contributed by atoms with Gasteiger partial charge in [-0.1, -0.05) is 48.0 Å². The summed E-state index contributed by atoms with van der Waals surface area (Å²) in [5.41, 5.74) is -0.962. The van der Waals surface area contributed by atoms with Crippen LogP contribution in [0.5, 0.6) is 0 Å². The molecular formula is C16H34O3Si. The monoisotopic (exact) mass is 302 g/mol. The van der Waals surface area contributed by atoms with E-state index in [1.807, 2.05) is 40.8 Å². The number of carbonyl (C=O) groups is 1. The number of hydrogen-bond acceptors (Lipinski definition) is 3. The van der Waals surface area contributed by atoms with E-state index in [2.05, 4.69) is 27.7 Å². The van der Waals surface area contributed by atoms with Gasteiger partial charge in [-0.15, -0.1) is 0 Å². The number of hydrogen-bond donors (Lipinski definition) is 1. The molecule has 0 saturated carbocycles. The molecule has 0 aliphatic heterocycles. The second-order valence-corrected chi connectivity index (χ2v) is 12.2. The van der Waals surface area contributed by atoms with Gasteiger partial charge in [-0.05, 0) is 32.0 Å². The van der Waals surface area contributed by atoms with Crippen molar-refractivity contribution in [2.45, 2.75) is 85.5 Å². The van der Waals surface area contributed by atoms with Gasteiger partial charge in [0.15, 0.2) is 8.32 Å². The van der Waals surface area contributed by atoms with Gasteiger partial charge in [0.1, 0.15) is 5.60 Å². The highest BCUT2D eigenvalue weighted by Crippen LogP contribution is 2.59. The van der Waals surface area contributed by atoms with Crippen LogP contribution in [0, 0.1) is 11.3 Å². The smallest absolute Gasteiger partial charge is 0.308 e. The fourth-order valence-electron chi connectivity index (χ4n) is 2.80. The van der Waals surface area contributed by atoms with E-state index in [1.165, 1.54) is 0 Å². The van der Waals surface area contributed by atoms with Crippen LogP contribution >= 0.6 is 0 Å². The van der Waals surface area contributed by atoms with Crippen LogP contribution in [0.4, 0.5) is 0 Å². The normalized spacial score (nSPS) is 17.0. The first-order valence-corrected chi connectivity index (χ1v) is 10.5. The second kappa shape index (κ2) is 5.80. The standard InChI is InChI=1S/C16H34O3Si/c1-11-16(8,20(9,10)18)14(4,5)15(6,7)19-13(17)12(2)3/h12,18H,11H2,1-10H3. The highest BCUT2D eigenvalue weighted by Gasteiger charge is 2.58. The first-order chi connectivity index (χ1) is 8.64. The summed E-state index contributed by atoms with van der Waals surface area (Å²) in [6, 6.07) is 0. The molecule has 120 valence electrons. The highest BCUT2D eigenvalue weighted by atomic mass is 28.4. The average Bonchev–Trinajstić information content (AvgIpc) is 2.24. The van der Waals surface area contributed by atoms with Gasteiger partial charge in [0, 0.05) is 5.41 Å². The lowest BCUT2D eigenvalue weighted by Crippen LogP contribution is -2.58. The Hall–Kier alpha value is -0.353. The lowest BCUT2D eigenvalue weighted by atomic mass is 9.66. The Morgan fingerprint density at radius 1 is 1.15 bits per heavy atom. The van der Waals surface area contributed by atoms with Crippen molar-refractivity contribution in [1.82, 2.24) is 0 Å². The highest BCUT2D eigenvalue weighted by molar-refractivity contribution is 6.73. The predicted octanol–water partition coefficient (Wildman–Crippen LogP) is 4.36. The van der Waals surface area contributed by atoms with E-state index in [9.17, 15) is 9.59 Å². The van der Waals surface area contributed by atoms with Crippen molar-refractivity contribution in [2.75, 3.05) is 0 Å².